The molecule has 1 aromatic rings. The minimum atomic E-state index is -1.16. The summed E-state index contributed by atoms with van der Waals surface area (Å²) in [5.74, 6) is -2.04. The van der Waals surface area contributed by atoms with Gasteiger partial charge in [0.25, 0.3) is 5.70 Å². The van der Waals surface area contributed by atoms with Gasteiger partial charge in [-0.25, -0.2) is 4.79 Å². The highest BCUT2D eigenvalue weighted by Gasteiger charge is 2.40. The normalized spacial score (nSPS) is 18.5. The number of hydrogen-bond donors (Lipinski definition) is 2. The number of dihydropyridines is 1. The highest BCUT2D eigenvalue weighted by atomic mass is 127. The molecule has 1 aliphatic rings. The van der Waals surface area contributed by atoms with Gasteiger partial charge in [0.05, 0.1) is 16.2 Å². The van der Waals surface area contributed by atoms with E-state index in [0.717, 1.165) is 3.57 Å². The Hall–Kier alpha value is -1.90. The maximum atomic E-state index is 11.6. The first-order chi connectivity index (χ1) is 9.84. The van der Waals surface area contributed by atoms with E-state index in [4.69, 9.17) is 0 Å². The average molecular weight is 400 g/mol. The van der Waals surface area contributed by atoms with Crippen molar-refractivity contribution in [1.82, 2.24) is 5.32 Å². The molecule has 2 N–H and O–H groups in total. The van der Waals surface area contributed by atoms with Gasteiger partial charge in [-0.05, 0) is 48.1 Å². The van der Waals surface area contributed by atoms with Crippen LogP contribution in [0.2, 0.25) is 0 Å². The Morgan fingerprint density at radius 1 is 1.33 bits per heavy atom. The van der Waals surface area contributed by atoms with Crippen molar-refractivity contribution < 1.29 is 14.8 Å². The van der Waals surface area contributed by atoms with Gasteiger partial charge in [-0.1, -0.05) is 18.2 Å². The molecule has 0 amide bonds. The van der Waals surface area contributed by atoms with Crippen molar-refractivity contribution in [3.63, 3.8) is 0 Å². The van der Waals surface area contributed by atoms with Crippen molar-refractivity contribution in [2.75, 3.05) is 0 Å². The van der Waals surface area contributed by atoms with Crippen molar-refractivity contribution in [1.29, 1.82) is 0 Å². The third-order valence-corrected chi connectivity index (χ3v) is 4.35. The summed E-state index contributed by atoms with van der Waals surface area (Å²) < 4.78 is 0.792. The Kier molecular flexibility index (Phi) is 4.31. The summed E-state index contributed by atoms with van der Waals surface area (Å²) in [6.07, 6.45) is 0. The summed E-state index contributed by atoms with van der Waals surface area (Å²) in [7, 11) is 0. The molecule has 1 aliphatic heterocycles. The number of halogens is 1. The molecule has 0 aromatic heterocycles. The zero-order chi connectivity index (χ0) is 15.7. The van der Waals surface area contributed by atoms with Gasteiger partial charge < -0.3 is 10.4 Å². The SMILES string of the molecule is CC1=C(C(=O)O)[C@@H](c2ccccc2I)C([N+](=O)[O-])=C(C)N1. The fourth-order valence-corrected chi connectivity index (χ4v) is 3.22. The Balaban J connectivity index is 2.74. The molecule has 0 saturated heterocycles. The summed E-state index contributed by atoms with van der Waals surface area (Å²) in [5, 5.41) is 23.7. The third-order valence-electron chi connectivity index (χ3n) is 3.37. The fourth-order valence-electron chi connectivity index (χ4n) is 2.52. The maximum Gasteiger partial charge on any atom is 0.334 e. The van der Waals surface area contributed by atoms with Crippen LogP contribution < -0.4 is 5.32 Å². The van der Waals surface area contributed by atoms with E-state index in [1.807, 2.05) is 6.07 Å². The topological polar surface area (TPSA) is 92.5 Å². The minimum Gasteiger partial charge on any atom is -0.478 e. The molecule has 7 heteroatoms. The van der Waals surface area contributed by atoms with E-state index in [9.17, 15) is 20.0 Å². The number of aliphatic carboxylic acids is 1. The molecular weight excluding hydrogens is 387 g/mol. The highest BCUT2D eigenvalue weighted by molar-refractivity contribution is 14.1. The monoisotopic (exact) mass is 400 g/mol. The number of hydrogen-bond acceptors (Lipinski definition) is 4. The van der Waals surface area contributed by atoms with Crippen molar-refractivity contribution in [3.05, 3.63) is 66.2 Å². The lowest BCUT2D eigenvalue weighted by atomic mass is 9.84. The number of benzene rings is 1. The molecule has 0 unspecified atom stereocenters. The number of nitro groups is 1. The molecule has 0 aliphatic carbocycles. The van der Waals surface area contributed by atoms with E-state index in [0.29, 0.717) is 17.0 Å². The van der Waals surface area contributed by atoms with Gasteiger partial charge in [0.15, 0.2) is 0 Å². The standard InChI is InChI=1S/C14H13IN2O4/c1-7-11(14(18)19)12(9-5-3-4-6-10(9)15)13(17(20)21)8(2)16-7/h3-6,12,16H,1-2H3,(H,18,19)/t12-/m1/s1. The van der Waals surface area contributed by atoms with Gasteiger partial charge in [-0.3, -0.25) is 10.1 Å². The van der Waals surface area contributed by atoms with Gasteiger partial charge >= 0.3 is 5.97 Å². The second-order valence-electron chi connectivity index (χ2n) is 4.69. The zero-order valence-electron chi connectivity index (χ0n) is 11.4. The molecule has 2 rings (SSSR count). The lowest BCUT2D eigenvalue weighted by molar-refractivity contribution is -0.431. The van der Waals surface area contributed by atoms with Crippen LogP contribution in [0.5, 0.6) is 0 Å². The lowest BCUT2D eigenvalue weighted by Crippen LogP contribution is -2.31. The molecule has 0 radical (unpaired) electrons. The molecule has 0 saturated carbocycles. The average Bonchev–Trinajstić information content (AvgIpc) is 2.37. The molecule has 21 heavy (non-hydrogen) atoms. The number of nitrogens with one attached hydrogen (secondary N) is 1. The second-order valence-corrected chi connectivity index (χ2v) is 5.85. The van der Waals surface area contributed by atoms with Crippen molar-refractivity contribution in [2.24, 2.45) is 0 Å². The minimum absolute atomic E-state index is 0.0106. The molecule has 6 nitrogen and oxygen atoms in total. The molecular formula is C14H13IN2O4. The van der Waals surface area contributed by atoms with Gasteiger partial charge in [0, 0.05) is 9.27 Å². The zero-order valence-corrected chi connectivity index (χ0v) is 13.5. The quantitative estimate of drug-likeness (QED) is 0.463. The van der Waals surface area contributed by atoms with Gasteiger partial charge in [-0.15, -0.1) is 0 Å². The van der Waals surface area contributed by atoms with Gasteiger partial charge in [0.2, 0.25) is 0 Å². The van der Waals surface area contributed by atoms with Crippen molar-refractivity contribution >= 4 is 28.6 Å². The van der Waals surface area contributed by atoms with E-state index in [2.05, 4.69) is 27.9 Å². The number of carbonyl (C=O) groups is 1. The summed E-state index contributed by atoms with van der Waals surface area (Å²) >= 11 is 2.06. The van der Waals surface area contributed by atoms with Crippen LogP contribution in [-0.4, -0.2) is 16.0 Å². The highest BCUT2D eigenvalue weighted by Crippen LogP contribution is 2.39. The van der Waals surface area contributed by atoms with Gasteiger partial charge in [-0.2, -0.15) is 0 Å². The van der Waals surface area contributed by atoms with Gasteiger partial charge in [0.1, 0.15) is 5.92 Å². The van der Waals surface area contributed by atoms with Crippen LogP contribution in [0.3, 0.4) is 0 Å². The van der Waals surface area contributed by atoms with Crippen LogP contribution in [-0.2, 0) is 4.79 Å². The predicted octanol–water partition coefficient (Wildman–Crippen LogP) is 2.84. The van der Waals surface area contributed by atoms with Crippen LogP contribution in [0.15, 0.2) is 46.9 Å². The molecule has 1 heterocycles. The molecule has 0 bridgehead atoms. The lowest BCUT2D eigenvalue weighted by Gasteiger charge is -2.25. The van der Waals surface area contributed by atoms with Crippen LogP contribution in [0, 0.1) is 13.7 Å². The number of carboxylic acids is 1. The molecule has 1 atom stereocenters. The fraction of sp³-hybridized carbons (Fsp3) is 0.214. The predicted molar refractivity (Wildman–Crippen MR) is 85.1 cm³/mol. The molecule has 1 aromatic carbocycles. The maximum absolute atomic E-state index is 11.6. The largest absolute Gasteiger partial charge is 0.478 e. The van der Waals surface area contributed by atoms with Crippen LogP contribution in [0.1, 0.15) is 25.3 Å². The van der Waals surface area contributed by atoms with Crippen LogP contribution in [0.25, 0.3) is 0 Å². The van der Waals surface area contributed by atoms with Crippen LogP contribution in [0.4, 0.5) is 0 Å². The van der Waals surface area contributed by atoms with Crippen molar-refractivity contribution in [3.8, 4) is 0 Å². The summed E-state index contributed by atoms with van der Waals surface area (Å²) in [6.45, 7) is 3.20. The molecule has 110 valence electrons. The second kappa shape index (κ2) is 5.84. The smallest absolute Gasteiger partial charge is 0.334 e. The number of nitrogens with zero attached hydrogens (tertiary/aromatic N) is 1. The first-order valence-corrected chi connectivity index (χ1v) is 7.23. The van der Waals surface area contributed by atoms with Crippen LogP contribution >= 0.6 is 22.6 Å². The Morgan fingerprint density at radius 2 is 1.95 bits per heavy atom. The number of allylic oxidation sites excluding steroid dienone is 3. The van der Waals surface area contributed by atoms with E-state index in [-0.39, 0.29) is 11.3 Å². The van der Waals surface area contributed by atoms with E-state index in [1.54, 1.807) is 32.0 Å². The van der Waals surface area contributed by atoms with E-state index < -0.39 is 16.8 Å². The Labute approximate surface area is 134 Å². The number of rotatable bonds is 3. The molecule has 0 fully saturated rings. The van der Waals surface area contributed by atoms with E-state index >= 15 is 0 Å². The summed E-state index contributed by atoms with van der Waals surface area (Å²) in [5.41, 5.74) is 1.31. The van der Waals surface area contributed by atoms with Crippen molar-refractivity contribution in [2.45, 2.75) is 19.8 Å². The van der Waals surface area contributed by atoms with E-state index in [1.165, 1.54) is 0 Å². The summed E-state index contributed by atoms with van der Waals surface area (Å²) in [6, 6.07) is 7.09. The Bertz CT molecular complexity index is 658. The molecule has 0 spiro atoms. The first-order valence-electron chi connectivity index (χ1n) is 6.15. The summed E-state index contributed by atoms with van der Waals surface area (Å²) in [4.78, 5) is 22.5. The third kappa shape index (κ3) is 2.78. The first kappa shape index (κ1) is 15.5. The number of carboxylic acid groups (broad SMARTS) is 1. The Morgan fingerprint density at radius 3 is 2.48 bits per heavy atom.